The Morgan fingerprint density at radius 1 is 1.42 bits per heavy atom. The number of hydrogen-bond donors (Lipinski definition) is 1. The van der Waals surface area contributed by atoms with Gasteiger partial charge in [0.15, 0.2) is 0 Å². The molecule has 1 aliphatic heterocycles. The number of piperidine rings is 1. The molecule has 0 radical (unpaired) electrons. The molecule has 1 N–H and O–H groups in total. The number of aromatic nitrogens is 3. The van der Waals surface area contributed by atoms with E-state index in [1.165, 1.54) is 17.4 Å². The van der Waals surface area contributed by atoms with Gasteiger partial charge in [0.05, 0.1) is 18.5 Å². The van der Waals surface area contributed by atoms with Crippen molar-refractivity contribution < 1.29 is 9.53 Å². The van der Waals surface area contributed by atoms with E-state index in [-0.39, 0.29) is 17.4 Å². The van der Waals surface area contributed by atoms with E-state index in [1.807, 2.05) is 11.8 Å². The summed E-state index contributed by atoms with van der Waals surface area (Å²) in [7, 11) is 1.55. The predicted octanol–water partition coefficient (Wildman–Crippen LogP) is 1.87. The number of amides is 1. The molecule has 1 aliphatic rings. The van der Waals surface area contributed by atoms with Gasteiger partial charge in [-0.3, -0.25) is 9.59 Å². The van der Waals surface area contributed by atoms with Crippen LogP contribution in [0.3, 0.4) is 0 Å². The van der Waals surface area contributed by atoms with Crippen LogP contribution in [-0.2, 0) is 0 Å². The van der Waals surface area contributed by atoms with E-state index < -0.39 is 0 Å². The molecule has 1 amide bonds. The molecule has 3 heterocycles. The molecule has 1 atom stereocenters. The third-order valence-corrected chi connectivity index (χ3v) is 5.26. The average molecular weight is 348 g/mol. The first kappa shape index (κ1) is 16.6. The highest BCUT2D eigenvalue weighted by molar-refractivity contribution is 7.15. The van der Waals surface area contributed by atoms with Crippen molar-refractivity contribution >= 4 is 17.2 Å². The molecule has 2 aromatic heterocycles. The topological polar surface area (TPSA) is 88.2 Å². The molecule has 8 heteroatoms. The smallest absolute Gasteiger partial charge is 0.273 e. The number of rotatable bonds is 3. The summed E-state index contributed by atoms with van der Waals surface area (Å²) in [4.78, 5) is 38.3. The number of ether oxygens (including phenoxy) is 1. The summed E-state index contributed by atoms with van der Waals surface area (Å²) in [5.74, 6) is 0.655. The van der Waals surface area contributed by atoms with Gasteiger partial charge in [0.25, 0.3) is 16.7 Å². The van der Waals surface area contributed by atoms with Crippen molar-refractivity contribution in [1.82, 2.24) is 19.9 Å². The normalized spacial score (nSPS) is 17.8. The fraction of sp³-hybridized carbons (Fsp3) is 0.500. The van der Waals surface area contributed by atoms with Gasteiger partial charge in [0.2, 0.25) is 0 Å². The molecular weight excluding hydrogens is 328 g/mol. The van der Waals surface area contributed by atoms with E-state index in [2.05, 4.69) is 15.0 Å². The number of carbonyl (C=O) groups is 1. The van der Waals surface area contributed by atoms with Gasteiger partial charge in [-0.1, -0.05) is 11.3 Å². The SMILES string of the molecule is COc1nc(C)c(C(=O)N2CCCC(c3cc(=O)[nH]c(C)n3)C2)s1. The Hall–Kier alpha value is -2.22. The number of aryl methyl sites for hydroxylation is 2. The molecule has 0 aliphatic carbocycles. The van der Waals surface area contributed by atoms with Crippen molar-refractivity contribution in [3.63, 3.8) is 0 Å². The van der Waals surface area contributed by atoms with Gasteiger partial charge < -0.3 is 14.6 Å². The number of H-pyrrole nitrogens is 1. The molecule has 0 saturated carbocycles. The Morgan fingerprint density at radius 3 is 2.88 bits per heavy atom. The van der Waals surface area contributed by atoms with Crippen molar-refractivity contribution in [3.8, 4) is 5.19 Å². The zero-order valence-electron chi connectivity index (χ0n) is 14.0. The first-order valence-corrected chi connectivity index (χ1v) is 8.68. The van der Waals surface area contributed by atoms with Crippen LogP contribution < -0.4 is 10.3 Å². The van der Waals surface area contributed by atoms with E-state index >= 15 is 0 Å². The van der Waals surface area contributed by atoms with Gasteiger partial charge in [-0.2, -0.15) is 0 Å². The second-order valence-electron chi connectivity index (χ2n) is 5.94. The predicted molar refractivity (Wildman–Crippen MR) is 90.9 cm³/mol. The molecule has 7 nitrogen and oxygen atoms in total. The highest BCUT2D eigenvalue weighted by atomic mass is 32.1. The number of carbonyl (C=O) groups excluding carboxylic acids is 1. The Kier molecular flexibility index (Phi) is 4.66. The van der Waals surface area contributed by atoms with Gasteiger partial charge in [0, 0.05) is 25.1 Å². The van der Waals surface area contributed by atoms with Gasteiger partial charge in [-0.25, -0.2) is 9.97 Å². The molecule has 0 spiro atoms. The molecule has 1 fully saturated rings. The Morgan fingerprint density at radius 2 is 2.21 bits per heavy atom. The van der Waals surface area contributed by atoms with Crippen molar-refractivity contribution in [1.29, 1.82) is 0 Å². The molecule has 1 saturated heterocycles. The van der Waals surface area contributed by atoms with Crippen LogP contribution in [0, 0.1) is 13.8 Å². The van der Waals surface area contributed by atoms with Crippen LogP contribution in [0.1, 0.15) is 45.6 Å². The molecule has 2 aromatic rings. The summed E-state index contributed by atoms with van der Waals surface area (Å²) < 4.78 is 5.12. The van der Waals surface area contributed by atoms with Crippen molar-refractivity contribution in [2.75, 3.05) is 20.2 Å². The maximum atomic E-state index is 12.8. The molecule has 0 bridgehead atoms. The number of methoxy groups -OCH3 is 1. The summed E-state index contributed by atoms with van der Waals surface area (Å²) in [5, 5.41) is 0.497. The fourth-order valence-corrected chi connectivity index (χ4v) is 3.87. The lowest BCUT2D eigenvalue weighted by Crippen LogP contribution is -2.39. The van der Waals surface area contributed by atoms with E-state index in [0.29, 0.717) is 34.7 Å². The van der Waals surface area contributed by atoms with Crippen LogP contribution in [0.4, 0.5) is 0 Å². The van der Waals surface area contributed by atoms with Crippen LogP contribution >= 0.6 is 11.3 Å². The third-order valence-electron chi connectivity index (χ3n) is 4.15. The maximum absolute atomic E-state index is 12.8. The Bertz CT molecular complexity index is 814. The maximum Gasteiger partial charge on any atom is 0.273 e. The quantitative estimate of drug-likeness (QED) is 0.915. The summed E-state index contributed by atoms with van der Waals surface area (Å²) in [5.41, 5.74) is 1.30. The lowest BCUT2D eigenvalue weighted by Gasteiger charge is -2.32. The summed E-state index contributed by atoms with van der Waals surface area (Å²) in [6.07, 6.45) is 1.81. The van der Waals surface area contributed by atoms with Crippen molar-refractivity contribution in [2.45, 2.75) is 32.6 Å². The van der Waals surface area contributed by atoms with E-state index in [4.69, 9.17) is 4.74 Å². The molecular formula is C16H20N4O3S. The first-order valence-electron chi connectivity index (χ1n) is 7.86. The number of aromatic amines is 1. The van der Waals surface area contributed by atoms with Crippen LogP contribution in [0.25, 0.3) is 0 Å². The zero-order chi connectivity index (χ0) is 17.3. The van der Waals surface area contributed by atoms with E-state index in [0.717, 1.165) is 18.5 Å². The van der Waals surface area contributed by atoms with Crippen molar-refractivity contribution in [2.24, 2.45) is 0 Å². The zero-order valence-corrected chi connectivity index (χ0v) is 14.8. The van der Waals surface area contributed by atoms with Gasteiger partial charge in [-0.15, -0.1) is 0 Å². The minimum Gasteiger partial charge on any atom is -0.473 e. The Balaban J connectivity index is 1.81. The van der Waals surface area contributed by atoms with E-state index in [1.54, 1.807) is 14.0 Å². The lowest BCUT2D eigenvalue weighted by molar-refractivity contribution is 0.0710. The average Bonchev–Trinajstić information content (AvgIpc) is 2.94. The largest absolute Gasteiger partial charge is 0.473 e. The number of likely N-dealkylation sites (tertiary alicyclic amines) is 1. The van der Waals surface area contributed by atoms with Crippen molar-refractivity contribution in [3.05, 3.63) is 38.5 Å². The van der Waals surface area contributed by atoms with Gasteiger partial charge in [-0.05, 0) is 26.7 Å². The minimum absolute atomic E-state index is 0.0282. The summed E-state index contributed by atoms with van der Waals surface area (Å²) >= 11 is 1.27. The summed E-state index contributed by atoms with van der Waals surface area (Å²) in [6.45, 7) is 4.85. The third kappa shape index (κ3) is 3.33. The van der Waals surface area contributed by atoms with Gasteiger partial charge >= 0.3 is 0 Å². The second kappa shape index (κ2) is 6.72. The highest BCUT2D eigenvalue weighted by Gasteiger charge is 2.29. The highest BCUT2D eigenvalue weighted by Crippen LogP contribution is 2.29. The number of nitrogens with zero attached hydrogens (tertiary/aromatic N) is 3. The molecule has 1 unspecified atom stereocenters. The molecule has 24 heavy (non-hydrogen) atoms. The second-order valence-corrected chi connectivity index (χ2v) is 6.91. The fourth-order valence-electron chi connectivity index (χ4n) is 3.02. The molecule has 128 valence electrons. The molecule has 3 rings (SSSR count). The van der Waals surface area contributed by atoms with Crippen LogP contribution in [0.2, 0.25) is 0 Å². The van der Waals surface area contributed by atoms with Crippen LogP contribution in [0.15, 0.2) is 10.9 Å². The number of hydrogen-bond acceptors (Lipinski definition) is 6. The molecule has 0 aromatic carbocycles. The Labute approximate surface area is 143 Å². The monoisotopic (exact) mass is 348 g/mol. The lowest BCUT2D eigenvalue weighted by atomic mass is 9.94. The number of thiazole rings is 1. The number of nitrogens with one attached hydrogen (secondary N) is 1. The summed E-state index contributed by atoms with van der Waals surface area (Å²) in [6, 6.07) is 1.53. The first-order chi connectivity index (χ1) is 11.5. The van der Waals surface area contributed by atoms with Crippen LogP contribution in [0.5, 0.6) is 5.19 Å². The standard InChI is InChI=1S/C16H20N4O3S/c1-9-14(24-16(17-9)23-3)15(22)20-6-4-5-11(8-20)12-7-13(21)19-10(2)18-12/h7,11H,4-6,8H2,1-3H3,(H,18,19,21). The van der Waals surface area contributed by atoms with E-state index in [9.17, 15) is 9.59 Å². The van der Waals surface area contributed by atoms with Crippen LogP contribution in [-0.4, -0.2) is 46.0 Å². The minimum atomic E-state index is -0.149. The van der Waals surface area contributed by atoms with Gasteiger partial charge in [0.1, 0.15) is 10.7 Å².